The van der Waals surface area contributed by atoms with Crippen LogP contribution in [-0.4, -0.2) is 60.5 Å². The summed E-state index contributed by atoms with van der Waals surface area (Å²) in [5, 5.41) is 14.6. The highest BCUT2D eigenvalue weighted by Gasteiger charge is 2.24. The summed E-state index contributed by atoms with van der Waals surface area (Å²) in [5.41, 5.74) is 14.0. The topological polar surface area (TPSA) is 99.1 Å². The molecule has 0 radical (unpaired) electrons. The Morgan fingerprint density at radius 3 is 2.60 bits per heavy atom. The van der Waals surface area contributed by atoms with Crippen LogP contribution in [0.1, 0.15) is 43.9 Å². The van der Waals surface area contributed by atoms with Crippen LogP contribution in [0.25, 0.3) is 10.9 Å². The fourth-order valence-electron chi connectivity index (χ4n) is 5.35. The minimum Gasteiger partial charge on any atom is -0.478 e. The number of carboxylic acids is 1. The van der Waals surface area contributed by atoms with Crippen molar-refractivity contribution in [1.82, 2.24) is 9.47 Å². The van der Waals surface area contributed by atoms with E-state index in [0.29, 0.717) is 17.2 Å². The molecule has 212 valence electrons. The van der Waals surface area contributed by atoms with E-state index in [9.17, 15) is 9.90 Å². The van der Waals surface area contributed by atoms with E-state index in [1.165, 1.54) is 11.1 Å². The van der Waals surface area contributed by atoms with Crippen LogP contribution in [0, 0.1) is 0 Å². The number of hydrogen-bond acceptors (Lipinski definition) is 6. The number of likely N-dealkylation sites (N-methyl/N-ethyl adjacent to an activating group) is 2. The quantitative estimate of drug-likeness (QED) is 0.168. The third-order valence-corrected chi connectivity index (χ3v) is 7.55. The first-order valence-electron chi connectivity index (χ1n) is 14.0. The van der Waals surface area contributed by atoms with E-state index in [0.717, 1.165) is 66.8 Å². The lowest BCUT2D eigenvalue weighted by Crippen LogP contribution is -2.29. The molecular weight excluding hydrogens is 500 g/mol. The first-order chi connectivity index (χ1) is 19.2. The highest BCUT2D eigenvalue weighted by atomic mass is 16.4. The number of allylic oxidation sites excluding steroid dienone is 2. The van der Waals surface area contributed by atoms with Gasteiger partial charge in [0.05, 0.1) is 28.2 Å². The van der Waals surface area contributed by atoms with Crippen molar-refractivity contribution < 1.29 is 9.90 Å². The maximum Gasteiger partial charge on any atom is 0.337 e. The summed E-state index contributed by atoms with van der Waals surface area (Å²) in [6.07, 6.45) is 8.42. The van der Waals surface area contributed by atoms with E-state index in [4.69, 9.17) is 10.7 Å². The molecular formula is C32H42N6O2. The Hall–Kier alpha value is -4.04. The second-order valence-corrected chi connectivity index (χ2v) is 10.6. The van der Waals surface area contributed by atoms with Gasteiger partial charge in [0.25, 0.3) is 0 Å². The SMILES string of the molecule is C/C=C(/N=C(\C(=C/C)C(=O)O)c1cn2c3c(cccc13)CCC2)Nc1cc(N)c(N(C)CCN(C)C)cc1CC. The molecule has 8 heteroatoms. The third-order valence-electron chi connectivity index (χ3n) is 7.55. The van der Waals surface area contributed by atoms with Gasteiger partial charge in [-0.1, -0.05) is 31.2 Å². The van der Waals surface area contributed by atoms with Crippen molar-refractivity contribution in [2.45, 2.75) is 46.6 Å². The summed E-state index contributed by atoms with van der Waals surface area (Å²) >= 11 is 0. The van der Waals surface area contributed by atoms with Crippen LogP contribution >= 0.6 is 0 Å². The van der Waals surface area contributed by atoms with Crippen molar-refractivity contribution in [2.75, 3.05) is 50.2 Å². The molecule has 0 spiro atoms. The molecule has 1 aliphatic heterocycles. The smallest absolute Gasteiger partial charge is 0.337 e. The molecule has 4 N–H and O–H groups in total. The second-order valence-electron chi connectivity index (χ2n) is 10.6. The molecule has 8 nitrogen and oxygen atoms in total. The van der Waals surface area contributed by atoms with Crippen LogP contribution in [0.5, 0.6) is 0 Å². The van der Waals surface area contributed by atoms with Crippen molar-refractivity contribution in [3.05, 3.63) is 76.8 Å². The van der Waals surface area contributed by atoms with E-state index < -0.39 is 5.97 Å². The fraction of sp³-hybridized carbons (Fsp3) is 0.375. The summed E-state index contributed by atoms with van der Waals surface area (Å²) in [6.45, 7) is 8.44. The number of anilines is 3. The maximum absolute atomic E-state index is 12.4. The van der Waals surface area contributed by atoms with Gasteiger partial charge in [0.2, 0.25) is 0 Å². The zero-order chi connectivity index (χ0) is 29.0. The molecule has 0 saturated heterocycles. The summed E-state index contributed by atoms with van der Waals surface area (Å²) in [6, 6.07) is 10.3. The highest BCUT2D eigenvalue weighted by molar-refractivity contribution is 6.30. The summed E-state index contributed by atoms with van der Waals surface area (Å²) < 4.78 is 2.23. The molecule has 0 aliphatic carbocycles. The molecule has 40 heavy (non-hydrogen) atoms. The number of benzene rings is 2. The van der Waals surface area contributed by atoms with Gasteiger partial charge in [0.15, 0.2) is 0 Å². The molecule has 0 atom stereocenters. The number of aromatic nitrogens is 1. The van der Waals surface area contributed by atoms with Gasteiger partial charge in [0, 0.05) is 49.5 Å². The molecule has 3 aromatic rings. The van der Waals surface area contributed by atoms with Crippen LogP contribution in [0.2, 0.25) is 0 Å². The van der Waals surface area contributed by atoms with Crippen molar-refractivity contribution >= 4 is 39.6 Å². The van der Waals surface area contributed by atoms with Gasteiger partial charge < -0.3 is 30.5 Å². The van der Waals surface area contributed by atoms with Gasteiger partial charge >= 0.3 is 5.97 Å². The molecule has 4 rings (SSSR count). The number of para-hydroxylation sites is 1. The van der Waals surface area contributed by atoms with Gasteiger partial charge in [-0.2, -0.15) is 0 Å². The Bertz CT molecular complexity index is 1490. The molecule has 0 unspecified atom stereocenters. The monoisotopic (exact) mass is 542 g/mol. The van der Waals surface area contributed by atoms with Crippen LogP contribution in [0.4, 0.5) is 17.1 Å². The summed E-state index contributed by atoms with van der Waals surface area (Å²) in [4.78, 5) is 21.7. The first kappa shape index (κ1) is 29.0. The van der Waals surface area contributed by atoms with Gasteiger partial charge in [-0.05, 0) is 76.5 Å². The van der Waals surface area contributed by atoms with Gasteiger partial charge in [-0.25, -0.2) is 9.79 Å². The fourth-order valence-corrected chi connectivity index (χ4v) is 5.35. The number of carbonyl (C=O) groups is 1. The highest BCUT2D eigenvalue weighted by Crippen LogP contribution is 2.33. The molecule has 0 fully saturated rings. The lowest BCUT2D eigenvalue weighted by molar-refractivity contribution is -0.132. The maximum atomic E-state index is 12.4. The second kappa shape index (κ2) is 12.4. The van der Waals surface area contributed by atoms with E-state index in [-0.39, 0.29) is 5.57 Å². The van der Waals surface area contributed by atoms with E-state index in [2.05, 4.69) is 72.1 Å². The summed E-state index contributed by atoms with van der Waals surface area (Å²) in [5.74, 6) is -0.447. The number of nitrogens with zero attached hydrogens (tertiary/aromatic N) is 4. The molecule has 2 aromatic carbocycles. The lowest BCUT2D eigenvalue weighted by Gasteiger charge is -2.25. The lowest BCUT2D eigenvalue weighted by atomic mass is 9.98. The van der Waals surface area contributed by atoms with Gasteiger partial charge in [-0.15, -0.1) is 0 Å². The van der Waals surface area contributed by atoms with Crippen LogP contribution in [0.15, 0.2) is 65.1 Å². The number of aliphatic imine (C=N–C) groups is 1. The number of nitrogens with one attached hydrogen (secondary N) is 1. The van der Waals surface area contributed by atoms with Gasteiger partial charge in [0.1, 0.15) is 5.82 Å². The molecule has 0 bridgehead atoms. The number of nitrogens with two attached hydrogens (primary N) is 1. The van der Waals surface area contributed by atoms with Crippen LogP contribution in [-0.2, 0) is 24.2 Å². The Balaban J connectivity index is 1.77. The predicted molar refractivity (Wildman–Crippen MR) is 168 cm³/mol. The van der Waals surface area contributed by atoms with E-state index in [1.54, 1.807) is 13.0 Å². The first-order valence-corrected chi connectivity index (χ1v) is 14.0. The molecule has 2 heterocycles. The van der Waals surface area contributed by atoms with Gasteiger partial charge in [-0.3, -0.25) is 0 Å². The molecule has 1 aromatic heterocycles. The number of hydrogen-bond donors (Lipinski definition) is 3. The number of nitrogen functional groups attached to an aromatic ring is 1. The number of carboxylic acid groups (broad SMARTS) is 1. The normalized spacial score (nSPS) is 14.2. The van der Waals surface area contributed by atoms with Crippen molar-refractivity contribution in [1.29, 1.82) is 0 Å². The summed E-state index contributed by atoms with van der Waals surface area (Å²) in [7, 11) is 6.17. The minimum absolute atomic E-state index is 0.165. The average molecular weight is 543 g/mol. The Labute approximate surface area is 237 Å². The zero-order valence-corrected chi connectivity index (χ0v) is 24.6. The Kier molecular flexibility index (Phi) is 9.00. The largest absolute Gasteiger partial charge is 0.478 e. The standard InChI is InChI=1S/C32H42N6O2/c1-7-21-18-28(37(6)17-16-36(4)5)26(33)19-27(21)34-29(9-3)35-30(23(8-2)32(39)40)25-20-38-15-11-13-22-12-10-14-24(25)31(22)38/h8-10,12,14,18-20,34H,7,11,13,15-17,33H2,1-6H3,(H,39,40)/b23-8+,29-9+,35-30+. The molecule has 1 aliphatic rings. The molecule has 0 amide bonds. The average Bonchev–Trinajstić information content (AvgIpc) is 3.31. The zero-order valence-electron chi connectivity index (χ0n) is 24.6. The predicted octanol–water partition coefficient (Wildman–Crippen LogP) is 5.52. The Morgan fingerprint density at radius 1 is 1.18 bits per heavy atom. The minimum atomic E-state index is -1.01. The van der Waals surface area contributed by atoms with Crippen molar-refractivity contribution in [3.63, 3.8) is 0 Å². The van der Waals surface area contributed by atoms with E-state index >= 15 is 0 Å². The van der Waals surface area contributed by atoms with E-state index in [1.807, 2.05) is 25.1 Å². The number of rotatable bonds is 11. The van der Waals surface area contributed by atoms with Crippen LogP contribution in [0.3, 0.4) is 0 Å². The third kappa shape index (κ3) is 5.92. The Morgan fingerprint density at radius 2 is 1.95 bits per heavy atom. The number of aliphatic carboxylic acids is 1. The van der Waals surface area contributed by atoms with Crippen molar-refractivity contribution in [2.24, 2.45) is 4.99 Å². The molecule has 0 saturated carbocycles. The van der Waals surface area contributed by atoms with Crippen LogP contribution < -0.4 is 16.0 Å². The number of aryl methyl sites for hydroxylation is 3. The van der Waals surface area contributed by atoms with Crippen molar-refractivity contribution in [3.8, 4) is 0 Å².